The van der Waals surface area contributed by atoms with Gasteiger partial charge in [0.25, 0.3) is 0 Å². The van der Waals surface area contributed by atoms with Crippen LogP contribution in [0.25, 0.3) is 0 Å². The maximum Gasteiger partial charge on any atom is 0.324 e. The number of hydrogen-bond donors (Lipinski definition) is 1. The highest BCUT2D eigenvalue weighted by Gasteiger charge is 2.25. The van der Waals surface area contributed by atoms with Gasteiger partial charge in [0, 0.05) is 24.0 Å². The molecule has 5 nitrogen and oxygen atoms in total. The lowest BCUT2D eigenvalue weighted by atomic mass is 10.2. The van der Waals surface area contributed by atoms with Gasteiger partial charge in [-0.3, -0.25) is 15.0 Å². The van der Waals surface area contributed by atoms with Crippen LogP contribution in [0.15, 0.2) is 37.4 Å². The summed E-state index contributed by atoms with van der Waals surface area (Å²) in [5, 5.41) is 10.8. The molecule has 0 saturated carbocycles. The summed E-state index contributed by atoms with van der Waals surface area (Å²) in [6.45, 7) is 8.51. The number of nitrogens with two attached hydrogens (primary N) is 1. The summed E-state index contributed by atoms with van der Waals surface area (Å²) in [5.41, 5.74) is 5.77. The monoisotopic (exact) mass is 297 g/mol. The van der Waals surface area contributed by atoms with Crippen LogP contribution in [0, 0.1) is 10.1 Å². The van der Waals surface area contributed by atoms with E-state index in [0.29, 0.717) is 13.1 Å². The Bertz CT molecular complexity index is 489. The molecule has 0 spiro atoms. The summed E-state index contributed by atoms with van der Waals surface area (Å²) in [5.74, 6) is 0. The van der Waals surface area contributed by atoms with Crippen molar-refractivity contribution in [3.63, 3.8) is 0 Å². The second-order valence-corrected chi connectivity index (χ2v) is 5.33. The van der Waals surface area contributed by atoms with Gasteiger partial charge >= 0.3 is 5.00 Å². The van der Waals surface area contributed by atoms with Gasteiger partial charge in [-0.05, 0) is 6.07 Å². The SMILES string of the molecule is C=CCN(CC=C)C(C(N)=S)c1ccc([N+](=O)[O-])s1. The fraction of sp³-hybridized carbons (Fsp3) is 0.250. The van der Waals surface area contributed by atoms with Crippen molar-refractivity contribution in [3.8, 4) is 0 Å². The predicted octanol–water partition coefficient (Wildman–Crippen LogP) is 2.66. The highest BCUT2D eigenvalue weighted by molar-refractivity contribution is 7.80. The molecule has 7 heteroatoms. The van der Waals surface area contributed by atoms with Gasteiger partial charge in [-0.1, -0.05) is 35.7 Å². The molecule has 0 aliphatic heterocycles. The van der Waals surface area contributed by atoms with Crippen LogP contribution in [-0.4, -0.2) is 27.9 Å². The van der Waals surface area contributed by atoms with E-state index in [4.69, 9.17) is 18.0 Å². The Kier molecular flexibility index (Phi) is 5.81. The average molecular weight is 297 g/mol. The smallest absolute Gasteiger partial charge is 0.324 e. The summed E-state index contributed by atoms with van der Waals surface area (Å²) in [6, 6.07) is 2.81. The zero-order valence-corrected chi connectivity index (χ0v) is 12.0. The fourth-order valence-corrected chi connectivity index (χ4v) is 3.03. The molecule has 0 aliphatic rings. The van der Waals surface area contributed by atoms with E-state index in [2.05, 4.69) is 13.2 Å². The third kappa shape index (κ3) is 3.95. The molecule has 1 heterocycles. The summed E-state index contributed by atoms with van der Waals surface area (Å²) >= 11 is 6.16. The van der Waals surface area contributed by atoms with E-state index in [9.17, 15) is 10.1 Å². The van der Waals surface area contributed by atoms with Crippen LogP contribution in [0.3, 0.4) is 0 Å². The second kappa shape index (κ2) is 7.13. The molecule has 0 amide bonds. The Labute approximate surface area is 121 Å². The molecule has 0 aliphatic carbocycles. The van der Waals surface area contributed by atoms with Crippen LogP contribution in [0.4, 0.5) is 5.00 Å². The van der Waals surface area contributed by atoms with Gasteiger partial charge in [-0.2, -0.15) is 0 Å². The highest BCUT2D eigenvalue weighted by Crippen LogP contribution is 2.32. The highest BCUT2D eigenvalue weighted by atomic mass is 32.1. The molecule has 1 rings (SSSR count). The van der Waals surface area contributed by atoms with E-state index < -0.39 is 4.92 Å². The molecule has 0 fully saturated rings. The number of hydrogen-bond acceptors (Lipinski definition) is 5. The molecule has 1 aromatic heterocycles. The number of nitro groups is 1. The minimum atomic E-state index is -0.421. The largest absolute Gasteiger partial charge is 0.392 e. The molecule has 0 aromatic carbocycles. The van der Waals surface area contributed by atoms with Crippen molar-refractivity contribution >= 4 is 33.5 Å². The van der Waals surface area contributed by atoms with Gasteiger partial charge in [0.05, 0.1) is 16.0 Å². The summed E-state index contributed by atoms with van der Waals surface area (Å²) in [6.07, 6.45) is 3.47. The first-order chi connectivity index (χ1) is 9.01. The zero-order valence-electron chi connectivity index (χ0n) is 10.3. The van der Waals surface area contributed by atoms with E-state index in [1.165, 1.54) is 6.07 Å². The topological polar surface area (TPSA) is 72.4 Å². The first kappa shape index (κ1) is 15.5. The van der Waals surface area contributed by atoms with Crippen molar-refractivity contribution in [2.45, 2.75) is 6.04 Å². The predicted molar refractivity (Wildman–Crippen MR) is 82.5 cm³/mol. The van der Waals surface area contributed by atoms with Gasteiger partial charge in [0.15, 0.2) is 0 Å². The van der Waals surface area contributed by atoms with Gasteiger partial charge in [0.2, 0.25) is 0 Å². The molecule has 102 valence electrons. The Morgan fingerprint density at radius 1 is 1.53 bits per heavy atom. The van der Waals surface area contributed by atoms with Crippen LogP contribution >= 0.6 is 23.6 Å². The number of thiocarbonyl (C=S) groups is 1. The molecule has 0 saturated heterocycles. The molecule has 1 unspecified atom stereocenters. The lowest BCUT2D eigenvalue weighted by Gasteiger charge is -2.27. The summed E-state index contributed by atoms with van der Waals surface area (Å²) in [4.78, 5) is 13.3. The molecular weight excluding hydrogens is 282 g/mol. The fourth-order valence-electron chi connectivity index (χ4n) is 1.70. The quantitative estimate of drug-likeness (QED) is 0.346. The second-order valence-electron chi connectivity index (χ2n) is 3.77. The standard InChI is InChI=1S/C12H15N3O2S2/c1-3-7-14(8-4-2)11(12(13)18)9-5-6-10(19-9)15(16)17/h3-6,11H,1-2,7-8H2,(H2,13,18). The van der Waals surface area contributed by atoms with E-state index >= 15 is 0 Å². The van der Waals surface area contributed by atoms with Crippen LogP contribution in [-0.2, 0) is 0 Å². The first-order valence-corrected chi connectivity index (χ1v) is 6.73. The minimum Gasteiger partial charge on any atom is -0.392 e. The van der Waals surface area contributed by atoms with Gasteiger partial charge in [0.1, 0.15) is 0 Å². The zero-order chi connectivity index (χ0) is 14.4. The van der Waals surface area contributed by atoms with Gasteiger partial charge in [-0.15, -0.1) is 13.2 Å². The lowest BCUT2D eigenvalue weighted by molar-refractivity contribution is -0.380. The van der Waals surface area contributed by atoms with Gasteiger partial charge in [-0.25, -0.2) is 0 Å². The summed E-state index contributed by atoms with van der Waals surface area (Å²) in [7, 11) is 0. The first-order valence-electron chi connectivity index (χ1n) is 5.50. The van der Waals surface area contributed by atoms with Crippen LogP contribution in [0.1, 0.15) is 10.9 Å². The Morgan fingerprint density at radius 2 is 2.11 bits per heavy atom. The van der Waals surface area contributed by atoms with Crippen molar-refractivity contribution < 1.29 is 4.92 Å². The van der Waals surface area contributed by atoms with Crippen molar-refractivity contribution in [1.82, 2.24) is 4.90 Å². The van der Waals surface area contributed by atoms with Crippen LogP contribution < -0.4 is 5.73 Å². The molecule has 1 aromatic rings. The van der Waals surface area contributed by atoms with Gasteiger partial charge < -0.3 is 5.73 Å². The van der Waals surface area contributed by atoms with E-state index in [1.54, 1.807) is 18.2 Å². The third-order valence-corrected chi connectivity index (χ3v) is 3.74. The Balaban J connectivity index is 3.09. The molecule has 1 atom stereocenters. The van der Waals surface area contributed by atoms with E-state index in [0.717, 1.165) is 16.2 Å². The van der Waals surface area contributed by atoms with Crippen molar-refractivity contribution in [2.24, 2.45) is 5.73 Å². The molecular formula is C12H15N3O2S2. The number of thiophene rings is 1. The Morgan fingerprint density at radius 3 is 2.47 bits per heavy atom. The average Bonchev–Trinajstić information content (AvgIpc) is 2.79. The third-order valence-electron chi connectivity index (χ3n) is 2.42. The van der Waals surface area contributed by atoms with Crippen LogP contribution in [0.5, 0.6) is 0 Å². The summed E-state index contributed by atoms with van der Waals surface area (Å²) < 4.78 is 0. The van der Waals surface area contributed by atoms with E-state index in [-0.39, 0.29) is 16.0 Å². The van der Waals surface area contributed by atoms with Crippen molar-refractivity contribution in [2.75, 3.05) is 13.1 Å². The maximum atomic E-state index is 10.7. The van der Waals surface area contributed by atoms with E-state index in [1.807, 2.05) is 4.90 Å². The van der Waals surface area contributed by atoms with Crippen LogP contribution in [0.2, 0.25) is 0 Å². The molecule has 0 radical (unpaired) electrons. The maximum absolute atomic E-state index is 10.7. The lowest BCUT2D eigenvalue weighted by Crippen LogP contribution is -2.36. The van der Waals surface area contributed by atoms with Crippen molar-refractivity contribution in [1.29, 1.82) is 0 Å². The Hall–Kier alpha value is -1.57. The molecule has 2 N–H and O–H groups in total. The minimum absolute atomic E-state index is 0.0772. The number of nitrogens with zero attached hydrogens (tertiary/aromatic N) is 2. The molecule has 19 heavy (non-hydrogen) atoms. The molecule has 0 bridgehead atoms. The number of rotatable bonds is 8. The normalized spacial score (nSPS) is 12.1. The van der Waals surface area contributed by atoms with Crippen molar-refractivity contribution in [3.05, 3.63) is 52.4 Å².